The third-order valence-electron chi connectivity index (χ3n) is 8.22. The van der Waals surface area contributed by atoms with E-state index in [-0.39, 0.29) is 32.7 Å². The second-order valence-corrected chi connectivity index (χ2v) is 10.7. The molecule has 0 radical (unpaired) electrons. The molecule has 0 unspecified atom stereocenters. The summed E-state index contributed by atoms with van der Waals surface area (Å²) < 4.78 is 121. The first-order valence-corrected chi connectivity index (χ1v) is 14.4. The predicted octanol–water partition coefficient (Wildman–Crippen LogP) is 12.6. The molecule has 9 aromatic rings. The van der Waals surface area contributed by atoms with Crippen molar-refractivity contribution in [3.63, 3.8) is 0 Å². The van der Waals surface area contributed by atoms with Gasteiger partial charge in [-0.1, -0.05) is 157 Å². The average Bonchev–Trinajstić information content (AvgIpc) is 3.63. The Kier molecular flexibility index (Phi) is 3.62. The molecule has 1 heteroatoms. The lowest BCUT2D eigenvalue weighted by Crippen LogP contribution is -1.91. The van der Waals surface area contributed by atoms with Crippen LogP contribution in [-0.2, 0) is 0 Å². The number of para-hydroxylation sites is 1. The fourth-order valence-electron chi connectivity index (χ4n) is 6.32. The Balaban J connectivity index is 1.44. The molecule has 45 heavy (non-hydrogen) atoms. The van der Waals surface area contributed by atoms with E-state index >= 15 is 0 Å². The SMILES string of the molecule is [2H]c1c([2H])c([2H])c(-c2c3c([2H])c([2H])c([2H])c([2H])c3c(-c3ccc(-c4c(-c5ccccc5)ccc5oc6ccccc6c45)cc3)c3c([2H])c([2H])c([2H])c([2H])c23)c([2H])c1[2H]. The Bertz CT molecular complexity index is 3140. The largest absolute Gasteiger partial charge is 0.456 e. The van der Waals surface area contributed by atoms with Gasteiger partial charge in [-0.3, -0.25) is 0 Å². The molecule has 0 amide bonds. The van der Waals surface area contributed by atoms with Crippen LogP contribution in [0.2, 0.25) is 0 Å². The summed E-state index contributed by atoms with van der Waals surface area (Å²) in [7, 11) is 0. The van der Waals surface area contributed by atoms with E-state index in [9.17, 15) is 5.48 Å². The van der Waals surface area contributed by atoms with E-state index in [2.05, 4.69) is 0 Å². The third kappa shape index (κ3) is 4.09. The molecule has 0 atom stereocenters. The normalized spacial score (nSPS) is 15.6. The first-order chi connectivity index (χ1) is 27.7. The lowest BCUT2D eigenvalue weighted by molar-refractivity contribution is 0.669. The molecule has 0 fully saturated rings. The molecule has 0 saturated carbocycles. The van der Waals surface area contributed by atoms with Crippen molar-refractivity contribution in [2.45, 2.75) is 0 Å². The number of benzene rings is 8. The van der Waals surface area contributed by atoms with Crippen LogP contribution in [0.3, 0.4) is 0 Å². The van der Waals surface area contributed by atoms with Crippen molar-refractivity contribution in [1.29, 1.82) is 0 Å². The highest BCUT2D eigenvalue weighted by Crippen LogP contribution is 2.46. The van der Waals surface area contributed by atoms with Crippen molar-refractivity contribution in [2.24, 2.45) is 0 Å². The minimum atomic E-state index is -0.714. The lowest BCUT2D eigenvalue weighted by Gasteiger charge is -2.18. The maximum atomic E-state index is 9.25. The molecule has 210 valence electrons. The van der Waals surface area contributed by atoms with E-state index in [0.717, 1.165) is 33.0 Å². The molecule has 0 aliphatic carbocycles. The van der Waals surface area contributed by atoms with Crippen molar-refractivity contribution in [2.75, 3.05) is 0 Å². The molecule has 0 N–H and O–H groups in total. The van der Waals surface area contributed by atoms with E-state index in [4.69, 9.17) is 16.8 Å². The minimum Gasteiger partial charge on any atom is -0.456 e. The van der Waals surface area contributed by atoms with E-state index in [1.807, 2.05) is 78.9 Å². The summed E-state index contributed by atoms with van der Waals surface area (Å²) in [5.74, 6) is 0. The standard InChI is InChI=1S/C44H28O/c1-3-13-29(14-4-1)33-27-28-40-44(38-21-11-12-22-39(38)45-40)43(33)32-25-23-31(24-26-32)42-36-19-9-7-17-34(36)41(30-15-5-2-6-16-30)35-18-8-10-20-37(35)42/h1-28H/i2D,5D,6D,7D,8D,9D,10D,15D,16D,17D,18D,19D,20D. The maximum absolute atomic E-state index is 9.25. The predicted molar refractivity (Wildman–Crippen MR) is 190 cm³/mol. The molecule has 0 aliphatic heterocycles. The van der Waals surface area contributed by atoms with Gasteiger partial charge >= 0.3 is 0 Å². The number of hydrogen-bond acceptors (Lipinski definition) is 1. The average molecular weight is 586 g/mol. The van der Waals surface area contributed by atoms with Crippen molar-refractivity contribution in [3.05, 3.63) is 170 Å². The molecule has 0 spiro atoms. The van der Waals surface area contributed by atoms with E-state index in [1.165, 1.54) is 0 Å². The van der Waals surface area contributed by atoms with E-state index < -0.39 is 84.1 Å². The molecule has 0 aliphatic rings. The zero-order chi connectivity index (χ0) is 41.1. The van der Waals surface area contributed by atoms with Gasteiger partial charge in [0.15, 0.2) is 0 Å². The zero-order valence-electron chi connectivity index (χ0n) is 36.6. The second-order valence-electron chi connectivity index (χ2n) is 10.7. The highest BCUT2D eigenvalue weighted by molar-refractivity contribution is 6.21. The minimum absolute atomic E-state index is 0.0712. The first kappa shape index (κ1) is 15.7. The third-order valence-corrected chi connectivity index (χ3v) is 8.22. The van der Waals surface area contributed by atoms with Gasteiger partial charge in [0.2, 0.25) is 0 Å². The van der Waals surface area contributed by atoms with Gasteiger partial charge in [-0.25, -0.2) is 0 Å². The van der Waals surface area contributed by atoms with Crippen molar-refractivity contribution < 1.29 is 22.2 Å². The van der Waals surface area contributed by atoms with Crippen molar-refractivity contribution >= 4 is 43.5 Å². The number of fused-ring (bicyclic) bond motifs is 5. The molecule has 0 saturated heterocycles. The van der Waals surface area contributed by atoms with Crippen LogP contribution in [-0.4, -0.2) is 0 Å². The van der Waals surface area contributed by atoms with Crippen LogP contribution in [0.15, 0.2) is 174 Å². The Labute approximate surface area is 279 Å². The van der Waals surface area contributed by atoms with Crippen LogP contribution >= 0.6 is 0 Å². The number of rotatable bonds is 4. The van der Waals surface area contributed by atoms with Crippen LogP contribution < -0.4 is 0 Å². The molecule has 9 rings (SSSR count). The molecular formula is C44H28O. The second kappa shape index (κ2) is 10.4. The molecule has 1 heterocycles. The van der Waals surface area contributed by atoms with Gasteiger partial charge in [0.1, 0.15) is 11.2 Å². The van der Waals surface area contributed by atoms with Gasteiger partial charge in [-0.2, -0.15) is 0 Å². The Hall–Kier alpha value is -5.92. The van der Waals surface area contributed by atoms with Crippen molar-refractivity contribution in [3.8, 4) is 44.5 Å². The smallest absolute Gasteiger partial charge is 0.136 e. The van der Waals surface area contributed by atoms with Gasteiger partial charge < -0.3 is 4.42 Å². The van der Waals surface area contributed by atoms with Gasteiger partial charge in [0.05, 0.1) is 17.8 Å². The summed E-state index contributed by atoms with van der Waals surface area (Å²) in [6.07, 6.45) is 0. The highest BCUT2D eigenvalue weighted by atomic mass is 16.3. The van der Waals surface area contributed by atoms with E-state index in [1.54, 1.807) is 12.1 Å². The number of hydrogen-bond donors (Lipinski definition) is 0. The van der Waals surface area contributed by atoms with Crippen LogP contribution in [0, 0.1) is 0 Å². The molecule has 8 aromatic carbocycles. The quantitative estimate of drug-likeness (QED) is 0.187. The van der Waals surface area contributed by atoms with Crippen LogP contribution in [0.1, 0.15) is 17.8 Å². The van der Waals surface area contributed by atoms with Crippen LogP contribution in [0.5, 0.6) is 0 Å². The highest BCUT2D eigenvalue weighted by Gasteiger charge is 2.19. The fourth-order valence-corrected chi connectivity index (χ4v) is 6.32. The summed E-state index contributed by atoms with van der Waals surface area (Å²) in [6.45, 7) is 0. The number of furan rings is 1. The van der Waals surface area contributed by atoms with E-state index in [0.29, 0.717) is 16.7 Å². The molecule has 1 aromatic heterocycles. The van der Waals surface area contributed by atoms with Crippen LogP contribution in [0.4, 0.5) is 0 Å². The Morgan fingerprint density at radius 2 is 0.889 bits per heavy atom. The van der Waals surface area contributed by atoms with Crippen LogP contribution in [0.25, 0.3) is 88.0 Å². The van der Waals surface area contributed by atoms with Gasteiger partial charge in [-0.05, 0) is 72.6 Å². The Morgan fingerprint density at radius 1 is 0.356 bits per heavy atom. The molecule has 1 nitrogen and oxygen atoms in total. The van der Waals surface area contributed by atoms with Gasteiger partial charge in [-0.15, -0.1) is 0 Å². The monoisotopic (exact) mass is 585 g/mol. The van der Waals surface area contributed by atoms with Gasteiger partial charge in [0, 0.05) is 16.3 Å². The van der Waals surface area contributed by atoms with Crippen molar-refractivity contribution in [1.82, 2.24) is 0 Å². The summed E-state index contributed by atoms with van der Waals surface area (Å²) in [5.41, 5.74) is 4.57. The zero-order valence-corrected chi connectivity index (χ0v) is 23.6. The first-order valence-electron chi connectivity index (χ1n) is 20.9. The fraction of sp³-hybridized carbons (Fsp3) is 0. The molecule has 0 bridgehead atoms. The summed E-state index contributed by atoms with van der Waals surface area (Å²) in [6, 6.07) is 20.3. The molecular weight excluding hydrogens is 544 g/mol. The summed E-state index contributed by atoms with van der Waals surface area (Å²) >= 11 is 0. The topological polar surface area (TPSA) is 13.1 Å². The van der Waals surface area contributed by atoms with Gasteiger partial charge in [0.25, 0.3) is 0 Å². The lowest BCUT2D eigenvalue weighted by atomic mass is 9.85. The summed E-state index contributed by atoms with van der Waals surface area (Å²) in [5, 5.41) is 1.02. The summed E-state index contributed by atoms with van der Waals surface area (Å²) in [4.78, 5) is 0. The maximum Gasteiger partial charge on any atom is 0.136 e. The Morgan fingerprint density at radius 3 is 1.53 bits per heavy atom.